The van der Waals surface area contributed by atoms with Gasteiger partial charge in [-0.1, -0.05) is 0 Å². The molecule has 2 heterocycles. The highest BCUT2D eigenvalue weighted by atomic mass is 32.1. The van der Waals surface area contributed by atoms with E-state index in [1.54, 1.807) is 6.92 Å². The van der Waals surface area contributed by atoms with E-state index in [1.165, 1.54) is 14.2 Å². The van der Waals surface area contributed by atoms with E-state index in [0.717, 1.165) is 11.3 Å². The largest absolute Gasteiger partial charge is 0.465 e. The van der Waals surface area contributed by atoms with Gasteiger partial charge in [0.25, 0.3) is 0 Å². The van der Waals surface area contributed by atoms with Crippen LogP contribution in [0.25, 0.3) is 0 Å². The quantitative estimate of drug-likeness (QED) is 0.627. The smallest absolute Gasteiger partial charge is 0.348 e. The molecule has 0 aromatic carbocycles. The van der Waals surface area contributed by atoms with E-state index in [0.29, 0.717) is 39.2 Å². The lowest BCUT2D eigenvalue weighted by molar-refractivity contribution is -0.0473. The number of hydrogen-bond acceptors (Lipinski definition) is 7. The molecular formula is C16H22N2O5S2. The van der Waals surface area contributed by atoms with E-state index >= 15 is 0 Å². The van der Waals surface area contributed by atoms with Gasteiger partial charge in [-0.2, -0.15) is 0 Å². The summed E-state index contributed by atoms with van der Waals surface area (Å²) in [5, 5.41) is 4.04. The summed E-state index contributed by atoms with van der Waals surface area (Å²) in [6.45, 7) is 6.95. The van der Waals surface area contributed by atoms with E-state index in [9.17, 15) is 9.59 Å². The van der Waals surface area contributed by atoms with E-state index < -0.39 is 11.9 Å². The summed E-state index contributed by atoms with van der Waals surface area (Å²) in [6.07, 6.45) is 0.110. The summed E-state index contributed by atoms with van der Waals surface area (Å²) in [5.74, 6) is -1.03. The van der Waals surface area contributed by atoms with Crippen LogP contribution in [-0.4, -0.2) is 61.5 Å². The number of methoxy groups -OCH3 is 2. The van der Waals surface area contributed by atoms with Crippen LogP contribution in [0.2, 0.25) is 0 Å². The predicted octanol–water partition coefficient (Wildman–Crippen LogP) is 2.44. The minimum atomic E-state index is -0.530. The van der Waals surface area contributed by atoms with Gasteiger partial charge in [-0.15, -0.1) is 11.3 Å². The van der Waals surface area contributed by atoms with Crippen molar-refractivity contribution in [1.29, 1.82) is 0 Å². The van der Waals surface area contributed by atoms with Crippen LogP contribution in [0.4, 0.5) is 5.00 Å². The highest BCUT2D eigenvalue weighted by molar-refractivity contribution is 7.80. The Morgan fingerprint density at radius 1 is 1.20 bits per heavy atom. The maximum atomic E-state index is 12.2. The molecule has 9 heteroatoms. The minimum Gasteiger partial charge on any atom is -0.465 e. The highest BCUT2D eigenvalue weighted by Crippen LogP contribution is 2.34. The van der Waals surface area contributed by atoms with E-state index in [2.05, 4.69) is 5.32 Å². The number of esters is 2. The molecule has 0 saturated carbocycles. The summed E-state index contributed by atoms with van der Waals surface area (Å²) in [4.78, 5) is 26.4. The molecule has 1 N–H and O–H groups in total. The molecule has 2 unspecified atom stereocenters. The first-order valence-electron chi connectivity index (χ1n) is 7.79. The Hall–Kier alpha value is -1.71. The zero-order valence-corrected chi connectivity index (χ0v) is 16.5. The van der Waals surface area contributed by atoms with Gasteiger partial charge in [0.05, 0.1) is 32.0 Å². The normalized spacial score (nSPS) is 20.1. The summed E-state index contributed by atoms with van der Waals surface area (Å²) in [6, 6.07) is 0. The molecule has 1 aliphatic rings. The number of carbonyl (C=O) groups excluding carboxylic acids is 2. The van der Waals surface area contributed by atoms with Gasteiger partial charge < -0.3 is 24.4 Å². The van der Waals surface area contributed by atoms with Crippen LogP contribution in [0.15, 0.2) is 0 Å². The Kier molecular flexibility index (Phi) is 6.36. The number of thiophene rings is 1. The van der Waals surface area contributed by atoms with Crippen LogP contribution in [-0.2, 0) is 14.2 Å². The maximum absolute atomic E-state index is 12.2. The SMILES string of the molecule is COC(=O)c1sc(NC(=S)N2CC(C)OC(C)C2)c(C(=O)OC)c1C. The van der Waals surface area contributed by atoms with Crippen molar-refractivity contribution in [3.63, 3.8) is 0 Å². The molecule has 25 heavy (non-hydrogen) atoms. The summed E-state index contributed by atoms with van der Waals surface area (Å²) >= 11 is 6.61. The number of nitrogens with one attached hydrogen (secondary N) is 1. The molecule has 1 aliphatic heterocycles. The second-order valence-corrected chi connectivity index (χ2v) is 7.24. The van der Waals surface area contributed by atoms with Crippen molar-refractivity contribution in [2.75, 3.05) is 32.6 Å². The number of carbonyl (C=O) groups is 2. The molecular weight excluding hydrogens is 364 g/mol. The van der Waals surface area contributed by atoms with E-state index in [-0.39, 0.29) is 12.2 Å². The molecule has 0 radical (unpaired) electrons. The topological polar surface area (TPSA) is 77.1 Å². The Balaban J connectivity index is 2.30. The lowest BCUT2D eigenvalue weighted by Crippen LogP contribution is -2.49. The summed E-state index contributed by atoms with van der Waals surface area (Å²) in [7, 11) is 2.60. The number of ether oxygens (including phenoxy) is 3. The average molecular weight is 386 g/mol. The lowest BCUT2D eigenvalue weighted by atomic mass is 10.1. The maximum Gasteiger partial charge on any atom is 0.348 e. The molecule has 1 fully saturated rings. The number of anilines is 1. The van der Waals surface area contributed by atoms with Crippen LogP contribution in [0.3, 0.4) is 0 Å². The molecule has 2 atom stereocenters. The number of thiocarbonyl (C=S) groups is 1. The average Bonchev–Trinajstić information content (AvgIpc) is 2.88. The second kappa shape index (κ2) is 8.11. The third kappa shape index (κ3) is 4.28. The first kappa shape index (κ1) is 19.6. The van der Waals surface area contributed by atoms with Crippen LogP contribution >= 0.6 is 23.6 Å². The van der Waals surface area contributed by atoms with Crippen molar-refractivity contribution in [3.8, 4) is 0 Å². The van der Waals surface area contributed by atoms with Gasteiger partial charge in [-0.3, -0.25) is 0 Å². The Morgan fingerprint density at radius 2 is 1.76 bits per heavy atom. The Morgan fingerprint density at radius 3 is 2.28 bits per heavy atom. The summed E-state index contributed by atoms with van der Waals surface area (Å²) in [5.41, 5.74) is 0.808. The first-order chi connectivity index (χ1) is 11.8. The monoisotopic (exact) mass is 386 g/mol. The van der Waals surface area contributed by atoms with Crippen molar-refractivity contribution in [3.05, 3.63) is 16.0 Å². The Bertz CT molecular complexity index is 678. The highest BCUT2D eigenvalue weighted by Gasteiger charge is 2.29. The van der Waals surface area contributed by atoms with Crippen LogP contribution < -0.4 is 5.32 Å². The molecule has 0 bridgehead atoms. The number of nitrogens with zero attached hydrogens (tertiary/aromatic N) is 1. The van der Waals surface area contributed by atoms with Gasteiger partial charge in [0.15, 0.2) is 5.11 Å². The molecule has 0 amide bonds. The van der Waals surface area contributed by atoms with Crippen LogP contribution in [0.5, 0.6) is 0 Å². The Labute approximate surface area is 156 Å². The molecule has 0 spiro atoms. The van der Waals surface area contributed by atoms with Crippen molar-refractivity contribution >= 4 is 45.6 Å². The molecule has 7 nitrogen and oxygen atoms in total. The van der Waals surface area contributed by atoms with Crippen LogP contribution in [0, 0.1) is 6.92 Å². The lowest BCUT2D eigenvalue weighted by Gasteiger charge is -2.36. The number of rotatable bonds is 3. The number of morpholine rings is 1. The minimum absolute atomic E-state index is 0.0549. The van der Waals surface area contributed by atoms with Gasteiger partial charge in [-0.25, -0.2) is 9.59 Å². The summed E-state index contributed by atoms with van der Waals surface area (Å²) < 4.78 is 15.3. The van der Waals surface area contributed by atoms with Gasteiger partial charge in [-0.05, 0) is 38.6 Å². The third-order valence-corrected chi connectivity index (χ3v) is 5.38. The van der Waals surface area contributed by atoms with Crippen molar-refractivity contribution in [1.82, 2.24) is 4.90 Å². The molecule has 0 aliphatic carbocycles. The van der Waals surface area contributed by atoms with Gasteiger partial charge in [0.2, 0.25) is 0 Å². The fourth-order valence-corrected chi connectivity index (χ4v) is 4.18. The predicted molar refractivity (Wildman–Crippen MR) is 99.5 cm³/mol. The van der Waals surface area contributed by atoms with Gasteiger partial charge >= 0.3 is 11.9 Å². The molecule has 2 rings (SSSR count). The first-order valence-corrected chi connectivity index (χ1v) is 9.02. The van der Waals surface area contributed by atoms with E-state index in [4.69, 9.17) is 26.4 Å². The van der Waals surface area contributed by atoms with Crippen molar-refractivity contribution in [2.24, 2.45) is 0 Å². The zero-order valence-electron chi connectivity index (χ0n) is 14.9. The molecule has 1 aromatic rings. The van der Waals surface area contributed by atoms with Crippen LogP contribution in [0.1, 0.15) is 39.4 Å². The van der Waals surface area contributed by atoms with Gasteiger partial charge in [0.1, 0.15) is 9.88 Å². The second-order valence-electron chi connectivity index (χ2n) is 5.84. The third-order valence-electron chi connectivity index (χ3n) is 3.83. The number of hydrogen-bond donors (Lipinski definition) is 1. The molecule has 138 valence electrons. The fraction of sp³-hybridized carbons (Fsp3) is 0.562. The van der Waals surface area contributed by atoms with Gasteiger partial charge in [0, 0.05) is 13.1 Å². The zero-order chi connectivity index (χ0) is 18.7. The van der Waals surface area contributed by atoms with Crippen molar-refractivity contribution in [2.45, 2.75) is 33.0 Å². The van der Waals surface area contributed by atoms with E-state index in [1.807, 2.05) is 18.7 Å². The standard InChI is InChI=1S/C16H22N2O5S2/c1-8-6-18(7-9(2)23-8)16(24)17-13-11(14(19)21-4)10(3)12(25-13)15(20)22-5/h8-9H,6-7H2,1-5H3,(H,17,24). The molecule has 1 aromatic heterocycles. The molecule has 1 saturated heterocycles. The fourth-order valence-electron chi connectivity index (χ4n) is 2.76. The van der Waals surface area contributed by atoms with Crippen molar-refractivity contribution < 1.29 is 23.8 Å².